The summed E-state index contributed by atoms with van der Waals surface area (Å²) in [5.74, 6) is -1.04. The van der Waals surface area contributed by atoms with E-state index in [0.717, 1.165) is 148 Å². The van der Waals surface area contributed by atoms with Gasteiger partial charge in [0.15, 0.2) is 6.10 Å². The fraction of sp³-hybridized carbons (Fsp3) is 0.563. The highest BCUT2D eigenvalue weighted by Gasteiger charge is 2.19. The molecule has 1 atom stereocenters. The summed E-state index contributed by atoms with van der Waals surface area (Å²) in [7, 11) is 0. The Labute approximate surface area is 472 Å². The Bertz CT molecular complexity index is 1790. The van der Waals surface area contributed by atoms with E-state index in [1.54, 1.807) is 0 Å². The third-order valence-corrected chi connectivity index (χ3v) is 12.2. The maximum Gasteiger partial charge on any atom is 0.306 e. The zero-order chi connectivity index (χ0) is 55.7. The van der Waals surface area contributed by atoms with Gasteiger partial charge in [-0.2, -0.15) is 0 Å². The van der Waals surface area contributed by atoms with Crippen LogP contribution in [0, 0.1) is 0 Å². The second-order valence-electron chi connectivity index (χ2n) is 19.5. The number of rotatable bonds is 53. The molecule has 0 aliphatic heterocycles. The third-order valence-electron chi connectivity index (χ3n) is 12.2. The maximum absolute atomic E-state index is 12.9. The number of carbonyl (C=O) groups excluding carboxylic acids is 3. The average molecular weight is 1060 g/mol. The Hall–Kier alpha value is -5.23. The van der Waals surface area contributed by atoms with Crippen molar-refractivity contribution < 1.29 is 28.6 Å². The molecule has 0 fully saturated rings. The number of carbonyl (C=O) groups is 3. The summed E-state index contributed by atoms with van der Waals surface area (Å²) in [6.07, 6.45) is 93.7. The van der Waals surface area contributed by atoms with E-state index in [0.29, 0.717) is 12.8 Å². The van der Waals surface area contributed by atoms with Crippen molar-refractivity contribution >= 4 is 17.9 Å². The molecule has 0 aliphatic rings. The lowest BCUT2D eigenvalue weighted by Crippen LogP contribution is -2.30. The van der Waals surface area contributed by atoms with Crippen molar-refractivity contribution in [3.63, 3.8) is 0 Å². The van der Waals surface area contributed by atoms with Gasteiger partial charge in [-0.1, -0.05) is 255 Å². The van der Waals surface area contributed by atoms with Gasteiger partial charge in [0.25, 0.3) is 0 Å². The van der Waals surface area contributed by atoms with Crippen LogP contribution in [0.5, 0.6) is 0 Å². The highest BCUT2D eigenvalue weighted by molar-refractivity contribution is 5.71. The van der Waals surface area contributed by atoms with E-state index in [2.05, 4.69) is 179 Å². The molecule has 0 amide bonds. The van der Waals surface area contributed by atoms with Gasteiger partial charge in [0.05, 0.1) is 0 Å². The normalized spacial score (nSPS) is 13.3. The number of allylic oxidation sites excluding steroid dienone is 28. The lowest BCUT2D eigenvalue weighted by Gasteiger charge is -2.18. The molecule has 0 radical (unpaired) electrons. The van der Waals surface area contributed by atoms with Gasteiger partial charge in [0.1, 0.15) is 13.2 Å². The summed E-state index contributed by atoms with van der Waals surface area (Å²) >= 11 is 0. The van der Waals surface area contributed by atoms with Crippen LogP contribution in [0.3, 0.4) is 0 Å². The van der Waals surface area contributed by atoms with Crippen molar-refractivity contribution in [3.8, 4) is 0 Å². The quantitative estimate of drug-likeness (QED) is 0.0261. The Kier molecular flexibility index (Phi) is 59.0. The van der Waals surface area contributed by atoms with Crippen LogP contribution in [0.2, 0.25) is 0 Å². The van der Waals surface area contributed by atoms with Crippen LogP contribution in [-0.2, 0) is 28.6 Å². The van der Waals surface area contributed by atoms with E-state index in [4.69, 9.17) is 14.2 Å². The minimum atomic E-state index is -0.831. The van der Waals surface area contributed by atoms with Crippen LogP contribution in [0.1, 0.15) is 239 Å². The van der Waals surface area contributed by atoms with Crippen LogP contribution in [0.15, 0.2) is 170 Å². The minimum absolute atomic E-state index is 0.120. The van der Waals surface area contributed by atoms with E-state index >= 15 is 0 Å². The lowest BCUT2D eigenvalue weighted by molar-refractivity contribution is -0.166. The summed E-state index contributed by atoms with van der Waals surface area (Å²) in [5.41, 5.74) is 0. The molecular weight excluding hydrogens is 949 g/mol. The minimum Gasteiger partial charge on any atom is -0.462 e. The number of ether oxygens (including phenoxy) is 3. The summed E-state index contributed by atoms with van der Waals surface area (Å²) in [5, 5.41) is 0. The molecule has 0 bridgehead atoms. The maximum atomic E-state index is 12.9. The van der Waals surface area contributed by atoms with Crippen LogP contribution in [0.4, 0.5) is 0 Å². The van der Waals surface area contributed by atoms with E-state index in [-0.39, 0.29) is 44.0 Å². The summed E-state index contributed by atoms with van der Waals surface area (Å²) in [6.45, 7) is 6.19. The van der Waals surface area contributed by atoms with Crippen LogP contribution >= 0.6 is 0 Å². The summed E-state index contributed by atoms with van der Waals surface area (Å²) in [6, 6.07) is 0. The van der Waals surface area contributed by atoms with Crippen LogP contribution in [-0.4, -0.2) is 37.2 Å². The first-order valence-corrected chi connectivity index (χ1v) is 30.6. The summed E-state index contributed by atoms with van der Waals surface area (Å²) < 4.78 is 16.8. The van der Waals surface area contributed by atoms with Crippen LogP contribution < -0.4 is 0 Å². The molecule has 77 heavy (non-hydrogen) atoms. The Morgan fingerprint density at radius 3 is 0.805 bits per heavy atom. The number of unbranched alkanes of at least 4 members (excludes halogenated alkanes) is 14. The number of esters is 3. The molecule has 0 aliphatic carbocycles. The van der Waals surface area contributed by atoms with Gasteiger partial charge < -0.3 is 14.2 Å². The lowest BCUT2D eigenvalue weighted by atomic mass is 10.1. The molecule has 0 rings (SSSR count). The Morgan fingerprint density at radius 2 is 0.494 bits per heavy atom. The highest BCUT2D eigenvalue weighted by Crippen LogP contribution is 2.14. The summed E-state index contributed by atoms with van der Waals surface area (Å²) in [4.78, 5) is 38.2. The van der Waals surface area contributed by atoms with Gasteiger partial charge in [-0.3, -0.25) is 14.4 Å². The van der Waals surface area contributed by atoms with Crippen molar-refractivity contribution in [1.82, 2.24) is 0 Å². The fourth-order valence-corrected chi connectivity index (χ4v) is 7.74. The molecule has 6 nitrogen and oxygen atoms in total. The van der Waals surface area contributed by atoms with Gasteiger partial charge in [-0.15, -0.1) is 0 Å². The Balaban J connectivity index is 4.40. The molecule has 0 aromatic rings. The van der Waals surface area contributed by atoms with Crippen molar-refractivity contribution in [1.29, 1.82) is 0 Å². The average Bonchev–Trinajstić information content (AvgIpc) is 3.43. The molecule has 0 heterocycles. The second kappa shape index (κ2) is 63.3. The number of hydrogen-bond donors (Lipinski definition) is 0. The standard InChI is InChI=1S/C71H110O6/c1-4-7-10-13-16-19-22-25-27-29-30-31-32-33-34-35-36-37-38-39-40-42-43-46-49-52-55-58-61-64-70(73)76-67-68(66-75-69(72)63-60-57-54-51-48-45-24-21-18-15-12-9-6-3)77-71(74)65-62-59-56-53-50-47-44-41-28-26-23-20-17-14-11-8-5-2/h7-12,16-21,25-28,30-31,33-34,36-37,44-45,47-48,54,57,68H,4-6,13-15,22-24,29,32,35,38-43,46,49-53,55-56,58-67H2,1-3H3/b10-7-,11-8-,12-9-,19-16-,20-17-,21-18-,27-25-,28-26-,31-30-,34-33-,37-36-,47-44-,48-45-,57-54-. The highest BCUT2D eigenvalue weighted by atomic mass is 16.6. The van der Waals surface area contributed by atoms with E-state index in [1.165, 1.54) is 44.9 Å². The zero-order valence-corrected chi connectivity index (χ0v) is 49.1. The Morgan fingerprint density at radius 1 is 0.260 bits per heavy atom. The molecule has 0 saturated carbocycles. The predicted octanol–water partition coefficient (Wildman–Crippen LogP) is 21.1. The molecule has 0 aromatic heterocycles. The largest absolute Gasteiger partial charge is 0.462 e. The molecule has 430 valence electrons. The SMILES string of the molecule is CC/C=C\C/C=C\C/C=C\C/C=C\C/C=C\C/C=C\CCCCCCCCCCCCC(=O)OCC(COC(=O)CC/C=C\C/C=C\C/C=C\C/C=C\CC)OC(=O)CCCCCC/C=C\C/C=C\C/C=C\C/C=C\CC. The van der Waals surface area contributed by atoms with Crippen LogP contribution in [0.25, 0.3) is 0 Å². The zero-order valence-electron chi connectivity index (χ0n) is 49.1. The molecule has 0 aromatic carbocycles. The fourth-order valence-electron chi connectivity index (χ4n) is 7.74. The molecule has 6 heteroatoms. The molecule has 0 spiro atoms. The molecule has 0 N–H and O–H groups in total. The van der Waals surface area contributed by atoms with Gasteiger partial charge in [0.2, 0.25) is 0 Å². The van der Waals surface area contributed by atoms with Gasteiger partial charge in [-0.05, 0) is 135 Å². The topological polar surface area (TPSA) is 78.9 Å². The van der Waals surface area contributed by atoms with E-state index in [9.17, 15) is 14.4 Å². The van der Waals surface area contributed by atoms with Crippen molar-refractivity contribution in [3.05, 3.63) is 170 Å². The van der Waals surface area contributed by atoms with Crippen molar-refractivity contribution in [2.24, 2.45) is 0 Å². The van der Waals surface area contributed by atoms with Crippen molar-refractivity contribution in [2.75, 3.05) is 13.2 Å². The van der Waals surface area contributed by atoms with Gasteiger partial charge in [0, 0.05) is 19.3 Å². The van der Waals surface area contributed by atoms with Gasteiger partial charge >= 0.3 is 17.9 Å². The van der Waals surface area contributed by atoms with Crippen molar-refractivity contribution in [2.45, 2.75) is 245 Å². The molecule has 1 unspecified atom stereocenters. The molecular formula is C71H110O6. The number of hydrogen-bond acceptors (Lipinski definition) is 6. The monoisotopic (exact) mass is 1060 g/mol. The third kappa shape index (κ3) is 61.5. The smallest absolute Gasteiger partial charge is 0.306 e. The predicted molar refractivity (Wildman–Crippen MR) is 334 cm³/mol. The first-order chi connectivity index (χ1) is 38.0. The molecule has 0 saturated heterocycles. The second-order valence-corrected chi connectivity index (χ2v) is 19.5. The van der Waals surface area contributed by atoms with E-state index < -0.39 is 6.10 Å². The first kappa shape index (κ1) is 71.8. The first-order valence-electron chi connectivity index (χ1n) is 30.6. The van der Waals surface area contributed by atoms with E-state index in [1.807, 2.05) is 12.2 Å². The van der Waals surface area contributed by atoms with Gasteiger partial charge in [-0.25, -0.2) is 0 Å².